The maximum atomic E-state index is 12.7. The Balaban J connectivity index is 1.76. The number of hydrogen-bond donors (Lipinski definition) is 1. The number of benzene rings is 2. The monoisotopic (exact) mass is 324 g/mol. The number of methoxy groups -OCH3 is 1. The van der Waals surface area contributed by atoms with Gasteiger partial charge in [0, 0.05) is 20.1 Å². The zero-order valence-electron chi connectivity index (χ0n) is 13.8. The van der Waals surface area contributed by atoms with Crippen molar-refractivity contribution in [1.29, 1.82) is 0 Å². The SMILES string of the molecule is COc1cccc(-c2ccc3c(c2)O[C@H]2CNC[C@H]2N(C)C3=O)c1. The van der Waals surface area contributed by atoms with E-state index in [0.717, 1.165) is 30.0 Å². The molecule has 1 saturated heterocycles. The van der Waals surface area contributed by atoms with Crippen LogP contribution in [0.5, 0.6) is 11.5 Å². The van der Waals surface area contributed by atoms with Crippen LogP contribution in [0.4, 0.5) is 0 Å². The molecule has 2 heterocycles. The van der Waals surface area contributed by atoms with Gasteiger partial charge in [0.2, 0.25) is 0 Å². The first-order chi connectivity index (χ1) is 11.7. The summed E-state index contributed by atoms with van der Waals surface area (Å²) in [6.07, 6.45) is -0.0132. The Morgan fingerprint density at radius 1 is 1.17 bits per heavy atom. The molecule has 0 unspecified atom stereocenters. The zero-order chi connectivity index (χ0) is 16.7. The molecule has 0 saturated carbocycles. The molecule has 1 fully saturated rings. The topological polar surface area (TPSA) is 50.8 Å². The Morgan fingerprint density at radius 2 is 2.00 bits per heavy atom. The first-order valence-electron chi connectivity index (χ1n) is 8.10. The average molecular weight is 324 g/mol. The number of amides is 1. The summed E-state index contributed by atoms with van der Waals surface area (Å²) in [5.41, 5.74) is 2.66. The van der Waals surface area contributed by atoms with Crippen molar-refractivity contribution in [3.63, 3.8) is 0 Å². The van der Waals surface area contributed by atoms with Gasteiger partial charge in [-0.1, -0.05) is 18.2 Å². The molecule has 5 heteroatoms. The third kappa shape index (κ3) is 2.41. The smallest absolute Gasteiger partial charge is 0.257 e. The fourth-order valence-electron chi connectivity index (χ4n) is 3.43. The lowest BCUT2D eigenvalue weighted by atomic mass is 10.0. The highest BCUT2D eigenvalue weighted by molar-refractivity contribution is 5.98. The number of hydrogen-bond acceptors (Lipinski definition) is 4. The van der Waals surface area contributed by atoms with Crippen LogP contribution in [-0.2, 0) is 0 Å². The van der Waals surface area contributed by atoms with Crippen molar-refractivity contribution >= 4 is 5.91 Å². The summed E-state index contributed by atoms with van der Waals surface area (Å²) < 4.78 is 11.5. The van der Waals surface area contributed by atoms with E-state index in [2.05, 4.69) is 5.32 Å². The number of likely N-dealkylation sites (N-methyl/N-ethyl adjacent to an activating group) is 1. The van der Waals surface area contributed by atoms with Gasteiger partial charge in [0.25, 0.3) is 5.91 Å². The molecule has 0 aliphatic carbocycles. The van der Waals surface area contributed by atoms with Crippen LogP contribution in [-0.4, -0.2) is 50.2 Å². The summed E-state index contributed by atoms with van der Waals surface area (Å²) >= 11 is 0. The van der Waals surface area contributed by atoms with Gasteiger partial charge in [-0.25, -0.2) is 0 Å². The van der Waals surface area contributed by atoms with Gasteiger partial charge in [-0.05, 0) is 35.4 Å². The maximum absolute atomic E-state index is 12.7. The fraction of sp³-hybridized carbons (Fsp3) is 0.316. The van der Waals surface area contributed by atoms with Crippen molar-refractivity contribution in [3.8, 4) is 22.6 Å². The quantitative estimate of drug-likeness (QED) is 0.920. The number of rotatable bonds is 2. The zero-order valence-corrected chi connectivity index (χ0v) is 13.8. The number of nitrogens with one attached hydrogen (secondary N) is 1. The van der Waals surface area contributed by atoms with E-state index in [1.54, 1.807) is 12.0 Å². The number of ether oxygens (including phenoxy) is 2. The van der Waals surface area contributed by atoms with E-state index in [4.69, 9.17) is 9.47 Å². The molecule has 5 nitrogen and oxygen atoms in total. The third-order valence-corrected chi connectivity index (χ3v) is 4.84. The summed E-state index contributed by atoms with van der Waals surface area (Å²) in [4.78, 5) is 14.5. The van der Waals surface area contributed by atoms with Crippen molar-refractivity contribution in [1.82, 2.24) is 10.2 Å². The fourth-order valence-corrected chi connectivity index (χ4v) is 3.43. The van der Waals surface area contributed by atoms with E-state index in [1.165, 1.54) is 0 Å². The standard InChI is InChI=1S/C19H20N2O3/c1-21-16-10-20-11-18(16)24-17-9-13(6-7-15(17)19(21)22)12-4-3-5-14(8-12)23-2/h3-9,16,18,20H,10-11H2,1-2H3/t16-,18+/m1/s1. The van der Waals surface area contributed by atoms with E-state index in [-0.39, 0.29) is 18.1 Å². The molecule has 2 aliphatic rings. The van der Waals surface area contributed by atoms with Crippen LogP contribution in [0.25, 0.3) is 11.1 Å². The van der Waals surface area contributed by atoms with Crippen molar-refractivity contribution in [2.75, 3.05) is 27.2 Å². The summed E-state index contributed by atoms with van der Waals surface area (Å²) in [6.45, 7) is 1.52. The molecule has 0 spiro atoms. The largest absolute Gasteiger partial charge is 0.497 e. The molecule has 1 amide bonds. The predicted octanol–water partition coefficient (Wildman–Crippen LogP) is 2.17. The average Bonchev–Trinajstić information content (AvgIpc) is 3.05. The van der Waals surface area contributed by atoms with Crippen LogP contribution in [0.2, 0.25) is 0 Å². The van der Waals surface area contributed by atoms with Crippen LogP contribution >= 0.6 is 0 Å². The lowest BCUT2D eigenvalue weighted by Crippen LogP contribution is -2.44. The van der Waals surface area contributed by atoms with Gasteiger partial charge in [0.15, 0.2) is 0 Å². The minimum atomic E-state index is -0.0132. The van der Waals surface area contributed by atoms with Crippen molar-refractivity contribution in [2.45, 2.75) is 12.1 Å². The van der Waals surface area contributed by atoms with Crippen molar-refractivity contribution < 1.29 is 14.3 Å². The molecule has 124 valence electrons. The van der Waals surface area contributed by atoms with Crippen LogP contribution in [0.15, 0.2) is 42.5 Å². The second kappa shape index (κ2) is 5.83. The molecule has 0 bridgehead atoms. The summed E-state index contributed by atoms with van der Waals surface area (Å²) in [5, 5.41) is 3.30. The second-order valence-corrected chi connectivity index (χ2v) is 6.24. The Labute approximate surface area is 141 Å². The van der Waals surface area contributed by atoms with Crippen molar-refractivity contribution in [3.05, 3.63) is 48.0 Å². The first kappa shape index (κ1) is 15.0. The van der Waals surface area contributed by atoms with Crippen LogP contribution in [0.3, 0.4) is 0 Å². The van der Waals surface area contributed by atoms with Gasteiger partial charge in [0.1, 0.15) is 17.6 Å². The summed E-state index contributed by atoms with van der Waals surface area (Å²) in [7, 11) is 3.50. The highest BCUT2D eigenvalue weighted by Crippen LogP contribution is 2.33. The summed E-state index contributed by atoms with van der Waals surface area (Å²) in [6, 6.07) is 13.7. The van der Waals surface area contributed by atoms with Crippen LogP contribution in [0, 0.1) is 0 Å². The van der Waals surface area contributed by atoms with E-state index >= 15 is 0 Å². The second-order valence-electron chi connectivity index (χ2n) is 6.24. The molecule has 2 atom stereocenters. The van der Waals surface area contributed by atoms with E-state index in [9.17, 15) is 4.79 Å². The molecule has 2 aromatic carbocycles. The first-order valence-corrected chi connectivity index (χ1v) is 8.10. The number of carbonyl (C=O) groups is 1. The minimum absolute atomic E-state index is 0.0124. The van der Waals surface area contributed by atoms with Gasteiger partial charge >= 0.3 is 0 Å². The highest BCUT2D eigenvalue weighted by Gasteiger charge is 2.38. The molecular formula is C19H20N2O3. The van der Waals surface area contributed by atoms with Gasteiger partial charge in [-0.15, -0.1) is 0 Å². The summed E-state index contributed by atoms with van der Waals surface area (Å²) in [5.74, 6) is 1.47. The van der Waals surface area contributed by atoms with Crippen LogP contribution in [0.1, 0.15) is 10.4 Å². The van der Waals surface area contributed by atoms with Gasteiger partial charge in [-0.2, -0.15) is 0 Å². The number of fused-ring (bicyclic) bond motifs is 2. The van der Waals surface area contributed by atoms with Gasteiger partial charge in [-0.3, -0.25) is 4.79 Å². The van der Waals surface area contributed by atoms with Crippen molar-refractivity contribution in [2.24, 2.45) is 0 Å². The lowest BCUT2D eigenvalue weighted by molar-refractivity contribution is 0.0683. The Kier molecular flexibility index (Phi) is 3.65. The molecule has 0 radical (unpaired) electrons. The predicted molar refractivity (Wildman–Crippen MR) is 91.6 cm³/mol. The molecule has 24 heavy (non-hydrogen) atoms. The van der Waals surface area contributed by atoms with Gasteiger partial charge < -0.3 is 19.7 Å². The third-order valence-electron chi connectivity index (χ3n) is 4.84. The minimum Gasteiger partial charge on any atom is -0.497 e. The van der Waals surface area contributed by atoms with E-state index in [0.29, 0.717) is 11.3 Å². The van der Waals surface area contributed by atoms with Gasteiger partial charge in [0.05, 0.1) is 18.7 Å². The molecule has 4 rings (SSSR count). The van der Waals surface area contributed by atoms with Crippen LogP contribution < -0.4 is 14.8 Å². The van der Waals surface area contributed by atoms with E-state index in [1.807, 2.05) is 49.5 Å². The number of nitrogens with zero attached hydrogens (tertiary/aromatic N) is 1. The Hall–Kier alpha value is -2.53. The molecule has 2 aliphatic heterocycles. The lowest BCUT2D eigenvalue weighted by Gasteiger charge is -2.24. The maximum Gasteiger partial charge on any atom is 0.257 e. The number of carbonyl (C=O) groups excluding carboxylic acids is 1. The molecule has 2 aromatic rings. The molecule has 0 aromatic heterocycles. The Bertz CT molecular complexity index is 790. The highest BCUT2D eigenvalue weighted by atomic mass is 16.5. The van der Waals surface area contributed by atoms with E-state index < -0.39 is 0 Å². The Morgan fingerprint density at radius 3 is 2.83 bits per heavy atom. The molecule has 1 N–H and O–H groups in total. The normalized spacial score (nSPS) is 22.4. The molecular weight excluding hydrogens is 304 g/mol.